The minimum Gasteiger partial charge on any atom is -0.497 e. The monoisotopic (exact) mass is 414 g/mol. The first-order valence-electron chi connectivity index (χ1n) is 7.84. The zero-order chi connectivity index (χ0) is 20.5. The lowest BCUT2D eigenvalue weighted by atomic mass is 10.2. The normalized spacial score (nSPS) is 11.5. The lowest BCUT2D eigenvalue weighted by Crippen LogP contribution is -2.24. The van der Waals surface area contributed by atoms with Gasteiger partial charge in [-0.2, -0.15) is 13.2 Å². The second-order valence-electron chi connectivity index (χ2n) is 5.67. The molecule has 0 spiro atoms. The summed E-state index contributed by atoms with van der Waals surface area (Å²) in [6.07, 6.45) is -3.75. The largest absolute Gasteiger partial charge is 0.497 e. The molecule has 3 rings (SSSR count). The Hall–Kier alpha value is -3.01. The van der Waals surface area contributed by atoms with Crippen molar-refractivity contribution >= 4 is 23.2 Å². The maximum absolute atomic E-state index is 13.0. The van der Waals surface area contributed by atoms with Crippen LogP contribution in [0.2, 0.25) is 5.02 Å². The lowest BCUT2D eigenvalue weighted by molar-refractivity contribution is -0.137. The molecule has 0 radical (unpaired) electrons. The molecule has 3 aromatic rings. The molecular formula is C17H14ClF3N4O3. The standard InChI is InChI=1S/C17H14ClF3N4O3/c1-27-11-3-9(4-12(6-11)28-2)16(26)22-7-14-23-24-15-13(18)5-10(8-25(14)15)17(19,20)21/h3-6,8H,7H2,1-2H3,(H,22,26). The average molecular weight is 415 g/mol. The van der Waals surface area contributed by atoms with Gasteiger partial charge in [0.25, 0.3) is 5.91 Å². The van der Waals surface area contributed by atoms with Crippen LogP contribution in [-0.4, -0.2) is 34.7 Å². The van der Waals surface area contributed by atoms with Crippen LogP contribution in [0.5, 0.6) is 11.5 Å². The number of alkyl halides is 3. The Morgan fingerprint density at radius 1 is 1.14 bits per heavy atom. The minimum atomic E-state index is -4.58. The third-order valence-electron chi connectivity index (χ3n) is 3.88. The second-order valence-corrected chi connectivity index (χ2v) is 6.08. The van der Waals surface area contributed by atoms with E-state index in [1.54, 1.807) is 6.07 Å². The van der Waals surface area contributed by atoms with Crippen molar-refractivity contribution in [3.05, 3.63) is 52.4 Å². The van der Waals surface area contributed by atoms with Gasteiger partial charge in [0.15, 0.2) is 11.5 Å². The molecule has 2 aromatic heterocycles. The summed E-state index contributed by atoms with van der Waals surface area (Å²) in [6, 6.07) is 5.37. The van der Waals surface area contributed by atoms with Crippen LogP contribution in [0.4, 0.5) is 13.2 Å². The Balaban J connectivity index is 1.86. The van der Waals surface area contributed by atoms with Crippen LogP contribution >= 0.6 is 11.6 Å². The third-order valence-corrected chi connectivity index (χ3v) is 4.16. The first-order valence-corrected chi connectivity index (χ1v) is 8.22. The van der Waals surface area contributed by atoms with E-state index in [4.69, 9.17) is 21.1 Å². The maximum atomic E-state index is 13.0. The second kappa shape index (κ2) is 7.55. The molecule has 7 nitrogen and oxygen atoms in total. The molecule has 28 heavy (non-hydrogen) atoms. The lowest BCUT2D eigenvalue weighted by Gasteiger charge is -2.10. The van der Waals surface area contributed by atoms with Crippen LogP contribution in [0.15, 0.2) is 30.5 Å². The molecule has 11 heteroatoms. The summed E-state index contributed by atoms with van der Waals surface area (Å²) in [4.78, 5) is 12.4. The molecule has 0 unspecified atom stereocenters. The summed E-state index contributed by atoms with van der Waals surface area (Å²) in [6.45, 7) is -0.169. The number of benzene rings is 1. The number of carbonyl (C=O) groups is 1. The predicted octanol–water partition coefficient (Wildman–Crippen LogP) is 3.35. The molecule has 0 aliphatic carbocycles. The van der Waals surface area contributed by atoms with E-state index in [1.807, 2.05) is 0 Å². The molecule has 1 aromatic carbocycles. The highest BCUT2D eigenvalue weighted by Crippen LogP contribution is 2.32. The van der Waals surface area contributed by atoms with Crippen molar-refractivity contribution in [1.29, 1.82) is 0 Å². The van der Waals surface area contributed by atoms with Crippen LogP contribution < -0.4 is 14.8 Å². The van der Waals surface area contributed by atoms with E-state index in [0.717, 1.165) is 16.7 Å². The maximum Gasteiger partial charge on any atom is 0.417 e. The predicted molar refractivity (Wildman–Crippen MR) is 93.7 cm³/mol. The van der Waals surface area contributed by atoms with Crippen LogP contribution in [0.3, 0.4) is 0 Å². The average Bonchev–Trinajstić information content (AvgIpc) is 3.08. The Morgan fingerprint density at radius 2 is 1.79 bits per heavy atom. The summed E-state index contributed by atoms with van der Waals surface area (Å²) in [7, 11) is 2.89. The molecule has 0 aliphatic rings. The highest BCUT2D eigenvalue weighted by molar-refractivity contribution is 6.33. The number of hydrogen-bond acceptors (Lipinski definition) is 5. The topological polar surface area (TPSA) is 77.8 Å². The molecule has 0 aliphatic heterocycles. The molecule has 1 amide bonds. The fraction of sp³-hybridized carbons (Fsp3) is 0.235. The Labute approximate surface area is 162 Å². The number of nitrogens with one attached hydrogen (secondary N) is 1. The van der Waals surface area contributed by atoms with Gasteiger partial charge in [0.1, 0.15) is 11.5 Å². The Morgan fingerprint density at radius 3 is 2.36 bits per heavy atom. The van der Waals surface area contributed by atoms with Crippen molar-refractivity contribution in [2.45, 2.75) is 12.7 Å². The van der Waals surface area contributed by atoms with Gasteiger partial charge in [-0.25, -0.2) is 0 Å². The van der Waals surface area contributed by atoms with Gasteiger partial charge in [-0.1, -0.05) is 11.6 Å². The number of nitrogens with zero attached hydrogens (tertiary/aromatic N) is 3. The van der Waals surface area contributed by atoms with E-state index >= 15 is 0 Å². The van der Waals surface area contributed by atoms with Crippen LogP contribution in [0.25, 0.3) is 5.65 Å². The zero-order valence-electron chi connectivity index (χ0n) is 14.7. The van der Waals surface area contributed by atoms with Gasteiger partial charge in [0.05, 0.1) is 31.4 Å². The zero-order valence-corrected chi connectivity index (χ0v) is 15.4. The van der Waals surface area contributed by atoms with Crippen LogP contribution in [-0.2, 0) is 12.7 Å². The number of aromatic nitrogens is 3. The first kappa shape index (κ1) is 19.7. The molecule has 1 N–H and O–H groups in total. The minimum absolute atomic E-state index is 0.0574. The quantitative estimate of drug-likeness (QED) is 0.692. The summed E-state index contributed by atoms with van der Waals surface area (Å²) in [5, 5.41) is 9.96. The van der Waals surface area contributed by atoms with Gasteiger partial charge in [-0.15, -0.1) is 10.2 Å². The van der Waals surface area contributed by atoms with E-state index in [2.05, 4.69) is 15.5 Å². The number of pyridine rings is 1. The van der Waals surface area contributed by atoms with E-state index in [-0.39, 0.29) is 28.6 Å². The Kier molecular flexibility index (Phi) is 5.32. The fourth-order valence-electron chi connectivity index (χ4n) is 2.48. The number of hydrogen-bond donors (Lipinski definition) is 1. The number of ether oxygens (including phenoxy) is 2. The molecule has 0 fully saturated rings. The van der Waals surface area contributed by atoms with Gasteiger partial charge < -0.3 is 14.8 Å². The SMILES string of the molecule is COc1cc(OC)cc(C(=O)NCc2nnc3c(Cl)cc(C(F)(F)F)cn23)c1. The van der Waals surface area contributed by atoms with Gasteiger partial charge >= 0.3 is 6.18 Å². The van der Waals surface area contributed by atoms with E-state index in [9.17, 15) is 18.0 Å². The summed E-state index contributed by atoms with van der Waals surface area (Å²) in [5.74, 6) is 0.427. The number of carbonyl (C=O) groups excluding carboxylic acids is 1. The van der Waals surface area contributed by atoms with Gasteiger partial charge in [-0.3, -0.25) is 9.20 Å². The van der Waals surface area contributed by atoms with Crippen molar-refractivity contribution in [2.75, 3.05) is 14.2 Å². The first-order chi connectivity index (χ1) is 13.2. The smallest absolute Gasteiger partial charge is 0.417 e. The molecule has 148 valence electrons. The summed E-state index contributed by atoms with van der Waals surface area (Å²) in [5.41, 5.74) is -0.643. The molecule has 0 bridgehead atoms. The van der Waals surface area contributed by atoms with Crippen LogP contribution in [0, 0.1) is 0 Å². The van der Waals surface area contributed by atoms with E-state index in [1.165, 1.54) is 26.4 Å². The molecule has 2 heterocycles. The van der Waals surface area contributed by atoms with Crippen molar-refractivity contribution in [3.63, 3.8) is 0 Å². The number of halogens is 4. The molecule has 0 atom stereocenters. The van der Waals surface area contributed by atoms with Crippen molar-refractivity contribution in [1.82, 2.24) is 19.9 Å². The number of amides is 1. The van der Waals surface area contributed by atoms with Gasteiger partial charge in [0.2, 0.25) is 0 Å². The van der Waals surface area contributed by atoms with Crippen molar-refractivity contribution < 1.29 is 27.4 Å². The number of methoxy groups -OCH3 is 2. The van der Waals surface area contributed by atoms with E-state index in [0.29, 0.717) is 11.5 Å². The summed E-state index contributed by atoms with van der Waals surface area (Å²) < 4.78 is 50.3. The van der Waals surface area contributed by atoms with Crippen molar-refractivity contribution in [3.8, 4) is 11.5 Å². The van der Waals surface area contributed by atoms with Gasteiger partial charge in [-0.05, 0) is 18.2 Å². The summed E-state index contributed by atoms with van der Waals surface area (Å²) >= 11 is 5.87. The molecular weight excluding hydrogens is 401 g/mol. The number of rotatable bonds is 5. The molecule has 0 saturated carbocycles. The molecule has 0 saturated heterocycles. The highest BCUT2D eigenvalue weighted by Gasteiger charge is 2.32. The third kappa shape index (κ3) is 3.96. The number of fused-ring (bicyclic) bond motifs is 1. The van der Waals surface area contributed by atoms with Gasteiger partial charge in [0, 0.05) is 17.8 Å². The Bertz CT molecular complexity index is 1010. The van der Waals surface area contributed by atoms with Crippen LogP contribution in [0.1, 0.15) is 21.7 Å². The van der Waals surface area contributed by atoms with Crippen molar-refractivity contribution in [2.24, 2.45) is 0 Å². The fourth-order valence-corrected chi connectivity index (χ4v) is 2.72. The van der Waals surface area contributed by atoms with E-state index < -0.39 is 17.6 Å². The highest BCUT2D eigenvalue weighted by atomic mass is 35.5.